The van der Waals surface area contributed by atoms with Crippen LogP contribution in [0.15, 0.2) is 23.1 Å². The molecule has 0 amide bonds. The molecule has 1 fully saturated rings. The molecule has 0 saturated carbocycles. The molecule has 1 aliphatic rings. The summed E-state index contributed by atoms with van der Waals surface area (Å²) in [5, 5.41) is 3.09. The van der Waals surface area contributed by atoms with Gasteiger partial charge in [0, 0.05) is 12.6 Å². The van der Waals surface area contributed by atoms with E-state index in [1.165, 1.54) is 32.4 Å². The topological polar surface area (TPSA) is 93.7 Å². The lowest BCUT2D eigenvalue weighted by Crippen LogP contribution is -2.36. The number of nitrogens with one attached hydrogen (secondary N) is 2. The molecule has 0 aliphatic carbocycles. The Bertz CT molecular complexity index is 629. The third-order valence-electron chi connectivity index (χ3n) is 3.26. The second-order valence-electron chi connectivity index (χ2n) is 4.67. The van der Waals surface area contributed by atoms with Crippen LogP contribution in [-0.2, 0) is 14.8 Å². The van der Waals surface area contributed by atoms with Crippen molar-refractivity contribution in [2.75, 3.05) is 27.3 Å². The highest BCUT2D eigenvalue weighted by Crippen LogP contribution is 2.25. The molecule has 1 unspecified atom stereocenters. The van der Waals surface area contributed by atoms with Crippen molar-refractivity contribution in [1.82, 2.24) is 10.0 Å². The number of methoxy groups -OCH3 is 2. The number of hydrogen-bond acceptors (Lipinski definition) is 6. The lowest BCUT2D eigenvalue weighted by atomic mass is 10.2. The maximum Gasteiger partial charge on any atom is 0.337 e. The molecular weight excluding hydrogens is 332 g/mol. The van der Waals surface area contributed by atoms with Gasteiger partial charge in [-0.25, -0.2) is 17.9 Å². The minimum atomic E-state index is -3.70. The molecule has 1 saturated heterocycles. The van der Waals surface area contributed by atoms with E-state index in [-0.39, 0.29) is 34.7 Å². The quantitative estimate of drug-likeness (QED) is 0.753. The minimum Gasteiger partial charge on any atom is -0.495 e. The maximum atomic E-state index is 12.4. The minimum absolute atomic E-state index is 0. The summed E-state index contributed by atoms with van der Waals surface area (Å²) in [6.45, 7) is 1.38. The van der Waals surface area contributed by atoms with Gasteiger partial charge in [-0.15, -0.1) is 12.4 Å². The second-order valence-corrected chi connectivity index (χ2v) is 6.35. The van der Waals surface area contributed by atoms with E-state index in [0.717, 1.165) is 13.0 Å². The third kappa shape index (κ3) is 4.10. The number of hydrogen-bond donors (Lipinski definition) is 2. The highest BCUT2D eigenvalue weighted by atomic mass is 35.5. The van der Waals surface area contributed by atoms with E-state index in [1.54, 1.807) is 0 Å². The molecule has 0 aromatic heterocycles. The number of benzene rings is 1. The fraction of sp³-hybridized carbons (Fsp3) is 0.462. The summed E-state index contributed by atoms with van der Waals surface area (Å²) in [6, 6.07) is 3.96. The van der Waals surface area contributed by atoms with Crippen molar-refractivity contribution in [1.29, 1.82) is 0 Å². The highest BCUT2D eigenvalue weighted by Gasteiger charge is 2.26. The van der Waals surface area contributed by atoms with Crippen LogP contribution in [0.4, 0.5) is 0 Å². The molecule has 1 aliphatic heterocycles. The first kappa shape index (κ1) is 18.7. The van der Waals surface area contributed by atoms with E-state index in [0.29, 0.717) is 6.54 Å². The van der Waals surface area contributed by atoms with Crippen molar-refractivity contribution >= 4 is 28.4 Å². The van der Waals surface area contributed by atoms with E-state index in [9.17, 15) is 13.2 Å². The Balaban J connectivity index is 0.00000242. The number of esters is 1. The van der Waals surface area contributed by atoms with E-state index < -0.39 is 16.0 Å². The van der Waals surface area contributed by atoms with Crippen LogP contribution in [-0.4, -0.2) is 47.7 Å². The molecule has 1 heterocycles. The third-order valence-corrected chi connectivity index (χ3v) is 4.82. The molecule has 7 nitrogen and oxygen atoms in total. The van der Waals surface area contributed by atoms with Gasteiger partial charge in [0.1, 0.15) is 10.6 Å². The van der Waals surface area contributed by atoms with E-state index in [2.05, 4.69) is 14.8 Å². The Kier molecular flexibility index (Phi) is 6.61. The smallest absolute Gasteiger partial charge is 0.337 e. The van der Waals surface area contributed by atoms with Crippen LogP contribution >= 0.6 is 12.4 Å². The molecule has 9 heteroatoms. The first-order chi connectivity index (χ1) is 9.97. The van der Waals surface area contributed by atoms with Gasteiger partial charge in [-0.2, -0.15) is 0 Å². The first-order valence-electron chi connectivity index (χ1n) is 6.47. The van der Waals surface area contributed by atoms with Crippen LogP contribution in [0.3, 0.4) is 0 Å². The molecule has 0 spiro atoms. The van der Waals surface area contributed by atoms with Crippen LogP contribution in [0.25, 0.3) is 0 Å². The van der Waals surface area contributed by atoms with Gasteiger partial charge in [0.2, 0.25) is 10.0 Å². The fourth-order valence-corrected chi connectivity index (χ4v) is 3.59. The SMILES string of the molecule is COC(=O)c1ccc(S(=O)(=O)NC2CCNC2)c(OC)c1.Cl. The molecule has 0 bridgehead atoms. The standard InChI is InChI=1S/C13H18N2O5S.ClH/c1-19-11-7-9(13(16)20-2)3-4-12(11)21(17,18)15-10-5-6-14-8-10;/h3-4,7,10,14-15H,5-6,8H2,1-2H3;1H. The van der Waals surface area contributed by atoms with Crippen LogP contribution in [0.5, 0.6) is 5.75 Å². The second kappa shape index (κ2) is 7.77. The molecule has 1 atom stereocenters. The number of halogens is 1. The summed E-state index contributed by atoms with van der Waals surface area (Å²) in [7, 11) is -1.09. The van der Waals surface area contributed by atoms with Crippen molar-refractivity contribution in [2.24, 2.45) is 0 Å². The molecule has 1 aromatic carbocycles. The number of ether oxygens (including phenoxy) is 2. The van der Waals surface area contributed by atoms with Gasteiger partial charge in [0.25, 0.3) is 0 Å². The van der Waals surface area contributed by atoms with Crippen LogP contribution in [0.2, 0.25) is 0 Å². The molecule has 124 valence electrons. The van der Waals surface area contributed by atoms with Gasteiger partial charge in [-0.05, 0) is 31.2 Å². The number of carbonyl (C=O) groups is 1. The Labute approximate surface area is 135 Å². The van der Waals surface area contributed by atoms with Crippen LogP contribution in [0.1, 0.15) is 16.8 Å². The molecule has 1 aromatic rings. The van der Waals surface area contributed by atoms with Gasteiger partial charge in [0.05, 0.1) is 19.8 Å². The monoisotopic (exact) mass is 350 g/mol. The summed E-state index contributed by atoms with van der Waals surface area (Å²) >= 11 is 0. The van der Waals surface area contributed by atoms with E-state index in [1.807, 2.05) is 0 Å². The van der Waals surface area contributed by atoms with Gasteiger partial charge < -0.3 is 14.8 Å². The Morgan fingerprint density at radius 3 is 2.64 bits per heavy atom. The highest BCUT2D eigenvalue weighted by molar-refractivity contribution is 7.89. The number of carbonyl (C=O) groups excluding carboxylic acids is 1. The van der Waals surface area contributed by atoms with Crippen LogP contribution in [0, 0.1) is 0 Å². The zero-order valence-corrected chi connectivity index (χ0v) is 13.9. The largest absolute Gasteiger partial charge is 0.495 e. The Morgan fingerprint density at radius 1 is 1.36 bits per heavy atom. The number of sulfonamides is 1. The van der Waals surface area contributed by atoms with Crippen molar-refractivity contribution in [3.05, 3.63) is 23.8 Å². The maximum absolute atomic E-state index is 12.4. The van der Waals surface area contributed by atoms with Crippen molar-refractivity contribution in [2.45, 2.75) is 17.4 Å². The lowest BCUT2D eigenvalue weighted by Gasteiger charge is -2.15. The molecular formula is C13H19ClN2O5S. The van der Waals surface area contributed by atoms with Gasteiger partial charge >= 0.3 is 5.97 Å². The van der Waals surface area contributed by atoms with E-state index in [4.69, 9.17) is 4.74 Å². The van der Waals surface area contributed by atoms with E-state index >= 15 is 0 Å². The summed E-state index contributed by atoms with van der Waals surface area (Å²) in [6.07, 6.45) is 0.738. The molecule has 22 heavy (non-hydrogen) atoms. The summed E-state index contributed by atoms with van der Waals surface area (Å²) < 4.78 is 37.1. The van der Waals surface area contributed by atoms with Gasteiger partial charge in [-0.1, -0.05) is 0 Å². The summed E-state index contributed by atoms with van der Waals surface area (Å²) in [5.74, 6) is -0.443. The molecule has 2 rings (SSSR count). The predicted octanol–water partition coefficient (Wildman–Crippen LogP) is 0.544. The Hall–Kier alpha value is -1.35. The average molecular weight is 351 g/mol. The van der Waals surface area contributed by atoms with Gasteiger partial charge in [0.15, 0.2) is 0 Å². The predicted molar refractivity (Wildman–Crippen MR) is 83.2 cm³/mol. The Morgan fingerprint density at radius 2 is 2.09 bits per heavy atom. The van der Waals surface area contributed by atoms with Crippen molar-refractivity contribution in [3.8, 4) is 5.75 Å². The normalized spacial score (nSPS) is 17.6. The summed E-state index contributed by atoms with van der Waals surface area (Å²) in [5.41, 5.74) is 0.232. The fourth-order valence-electron chi connectivity index (χ4n) is 2.17. The van der Waals surface area contributed by atoms with Crippen molar-refractivity contribution in [3.63, 3.8) is 0 Å². The first-order valence-corrected chi connectivity index (χ1v) is 7.95. The zero-order valence-electron chi connectivity index (χ0n) is 12.3. The number of rotatable bonds is 5. The molecule has 2 N–H and O–H groups in total. The average Bonchev–Trinajstić information content (AvgIpc) is 2.97. The zero-order chi connectivity index (χ0) is 15.5. The summed E-state index contributed by atoms with van der Waals surface area (Å²) in [4.78, 5) is 11.5. The van der Waals surface area contributed by atoms with Crippen molar-refractivity contribution < 1.29 is 22.7 Å². The van der Waals surface area contributed by atoms with Gasteiger partial charge in [-0.3, -0.25) is 0 Å². The lowest BCUT2D eigenvalue weighted by molar-refractivity contribution is 0.0600. The van der Waals surface area contributed by atoms with Crippen LogP contribution < -0.4 is 14.8 Å². The molecule has 0 radical (unpaired) electrons.